The summed E-state index contributed by atoms with van der Waals surface area (Å²) in [6.45, 7) is 3.56. The molecule has 6 heteroatoms. The number of anilines is 1. The number of aliphatic hydroxyl groups excluding tert-OH is 1. The van der Waals surface area contributed by atoms with Crippen LogP contribution in [0, 0.1) is 0 Å². The first-order valence-corrected chi connectivity index (χ1v) is 12.1. The number of likely N-dealkylation sites (tertiary alicyclic amines) is 1. The lowest BCUT2D eigenvalue weighted by Gasteiger charge is -2.44. The van der Waals surface area contributed by atoms with Gasteiger partial charge in [0.15, 0.2) is 0 Å². The zero-order valence-corrected chi connectivity index (χ0v) is 19.5. The van der Waals surface area contributed by atoms with Crippen molar-refractivity contribution in [1.29, 1.82) is 0 Å². The maximum Gasteiger partial charge on any atom is 0.238 e. The van der Waals surface area contributed by atoms with Crippen molar-refractivity contribution in [3.8, 4) is 0 Å². The number of carbonyl (C=O) groups excluding carboxylic acids is 2. The quantitative estimate of drug-likeness (QED) is 0.756. The molecule has 33 heavy (non-hydrogen) atoms. The Morgan fingerprint density at radius 3 is 2.55 bits per heavy atom. The van der Waals surface area contributed by atoms with E-state index in [1.54, 1.807) is 7.05 Å². The molecule has 2 aliphatic heterocycles. The molecule has 0 aromatic heterocycles. The fourth-order valence-electron chi connectivity index (χ4n) is 6.16. The number of benzene rings is 2. The van der Waals surface area contributed by atoms with Crippen molar-refractivity contribution in [2.45, 2.75) is 62.6 Å². The minimum atomic E-state index is -0.841. The van der Waals surface area contributed by atoms with Gasteiger partial charge >= 0.3 is 0 Å². The summed E-state index contributed by atoms with van der Waals surface area (Å²) in [5.41, 5.74) is 3.62. The van der Waals surface area contributed by atoms with E-state index in [2.05, 4.69) is 34.5 Å². The number of aliphatic hydroxyl groups is 1. The highest BCUT2D eigenvalue weighted by Gasteiger charge is 2.50. The Balaban J connectivity index is 1.37. The Kier molecular flexibility index (Phi) is 5.75. The summed E-state index contributed by atoms with van der Waals surface area (Å²) >= 11 is 0. The number of fused-ring (bicyclic) bond motifs is 2. The predicted octanol–water partition coefficient (Wildman–Crippen LogP) is 2.94. The summed E-state index contributed by atoms with van der Waals surface area (Å²) in [5, 5.41) is 13.5. The van der Waals surface area contributed by atoms with E-state index in [0.29, 0.717) is 0 Å². The first-order chi connectivity index (χ1) is 15.9. The lowest BCUT2D eigenvalue weighted by molar-refractivity contribution is -0.129. The molecule has 5 rings (SSSR count). The van der Waals surface area contributed by atoms with Crippen LogP contribution in [-0.4, -0.2) is 54.1 Å². The van der Waals surface area contributed by atoms with Crippen molar-refractivity contribution in [3.05, 3.63) is 65.2 Å². The second kappa shape index (κ2) is 8.58. The van der Waals surface area contributed by atoms with E-state index in [-0.39, 0.29) is 36.4 Å². The Bertz CT molecular complexity index is 1060. The van der Waals surface area contributed by atoms with E-state index in [9.17, 15) is 14.7 Å². The molecule has 0 bridgehead atoms. The minimum Gasteiger partial charge on any atom is -0.391 e. The van der Waals surface area contributed by atoms with E-state index in [1.165, 1.54) is 11.1 Å². The molecule has 2 heterocycles. The van der Waals surface area contributed by atoms with Crippen molar-refractivity contribution in [1.82, 2.24) is 10.2 Å². The first kappa shape index (κ1) is 22.1. The Morgan fingerprint density at radius 1 is 1.09 bits per heavy atom. The third-order valence-electron chi connectivity index (χ3n) is 7.95. The molecule has 2 N–H and O–H groups in total. The van der Waals surface area contributed by atoms with Crippen LogP contribution in [0.3, 0.4) is 0 Å². The monoisotopic (exact) mass is 447 g/mol. The van der Waals surface area contributed by atoms with Crippen molar-refractivity contribution >= 4 is 17.5 Å². The molecule has 0 saturated carbocycles. The van der Waals surface area contributed by atoms with Gasteiger partial charge in [-0.3, -0.25) is 14.5 Å². The molecule has 0 spiro atoms. The third-order valence-corrected chi connectivity index (χ3v) is 7.95. The number of hydrogen-bond acceptors (Lipinski definition) is 4. The maximum atomic E-state index is 13.7. The molecule has 0 radical (unpaired) electrons. The summed E-state index contributed by atoms with van der Waals surface area (Å²) in [7, 11) is 1.61. The molecule has 1 unspecified atom stereocenters. The van der Waals surface area contributed by atoms with Gasteiger partial charge in [0, 0.05) is 38.3 Å². The number of hydrogen-bond donors (Lipinski definition) is 2. The number of nitrogens with zero attached hydrogens (tertiary/aromatic N) is 2. The number of rotatable bonds is 4. The molecule has 1 fully saturated rings. The number of carbonyl (C=O) groups is 2. The van der Waals surface area contributed by atoms with Crippen LogP contribution in [0.25, 0.3) is 0 Å². The number of amides is 2. The second-order valence-corrected chi connectivity index (χ2v) is 9.89. The normalized spacial score (nSPS) is 27.8. The standard InChI is InChI=1S/C27H33N3O3/c1-27(17-24(32)28-2)21-9-5-6-10-22(21)30(26(27)33)19-13-15-29(16-14-19)25-20-8-4-3-7-18(20)11-12-23(25)31/h3-10,19,23,25,31H,11-17H2,1-2H3,(H,28,32)/t23-,25?,27+/m1/s1. The summed E-state index contributed by atoms with van der Waals surface area (Å²) in [6, 6.07) is 16.5. The van der Waals surface area contributed by atoms with Crippen molar-refractivity contribution in [3.63, 3.8) is 0 Å². The van der Waals surface area contributed by atoms with Crippen molar-refractivity contribution < 1.29 is 14.7 Å². The van der Waals surface area contributed by atoms with Gasteiger partial charge in [-0.25, -0.2) is 0 Å². The highest BCUT2D eigenvalue weighted by atomic mass is 16.3. The molecule has 2 aromatic carbocycles. The lowest BCUT2D eigenvalue weighted by atomic mass is 9.80. The lowest BCUT2D eigenvalue weighted by Crippen LogP contribution is -2.51. The average molecular weight is 448 g/mol. The van der Waals surface area contributed by atoms with Gasteiger partial charge in [-0.2, -0.15) is 0 Å². The van der Waals surface area contributed by atoms with Crippen LogP contribution in [0.2, 0.25) is 0 Å². The van der Waals surface area contributed by atoms with Crippen molar-refractivity contribution in [2.75, 3.05) is 25.0 Å². The molecular formula is C27H33N3O3. The van der Waals surface area contributed by atoms with E-state index in [0.717, 1.165) is 50.0 Å². The van der Waals surface area contributed by atoms with E-state index in [1.807, 2.05) is 36.1 Å². The Labute approximate surface area is 195 Å². The van der Waals surface area contributed by atoms with E-state index in [4.69, 9.17) is 0 Å². The SMILES string of the molecule is CNC(=O)C[C@]1(C)C(=O)N(C2CCN(C3c4ccccc4CC[C@H]3O)CC2)c2ccccc21. The second-order valence-electron chi connectivity index (χ2n) is 9.89. The minimum absolute atomic E-state index is 0.0220. The van der Waals surface area contributed by atoms with Gasteiger partial charge in [0.2, 0.25) is 11.8 Å². The first-order valence-electron chi connectivity index (χ1n) is 12.1. The molecule has 2 amide bonds. The molecule has 3 atom stereocenters. The van der Waals surface area contributed by atoms with Crippen LogP contribution >= 0.6 is 0 Å². The number of piperidine rings is 1. The number of aryl methyl sites for hydroxylation is 1. The van der Waals surface area contributed by atoms with Crippen LogP contribution in [0.1, 0.15) is 55.3 Å². The summed E-state index contributed by atoms with van der Waals surface area (Å²) in [4.78, 5) is 30.3. The highest BCUT2D eigenvalue weighted by Crippen LogP contribution is 2.46. The topological polar surface area (TPSA) is 72.9 Å². The zero-order chi connectivity index (χ0) is 23.2. The van der Waals surface area contributed by atoms with Crippen LogP contribution in [0.4, 0.5) is 5.69 Å². The fraction of sp³-hybridized carbons (Fsp3) is 0.481. The largest absolute Gasteiger partial charge is 0.391 e. The molecule has 3 aliphatic rings. The Hall–Kier alpha value is -2.70. The molecular weight excluding hydrogens is 414 g/mol. The third kappa shape index (κ3) is 3.65. The summed E-state index contributed by atoms with van der Waals surface area (Å²) < 4.78 is 0. The molecule has 6 nitrogen and oxygen atoms in total. The number of nitrogens with one attached hydrogen (secondary N) is 1. The van der Waals surface area contributed by atoms with Gasteiger partial charge in [0.25, 0.3) is 0 Å². The van der Waals surface area contributed by atoms with E-state index >= 15 is 0 Å². The Morgan fingerprint density at radius 2 is 1.79 bits per heavy atom. The summed E-state index contributed by atoms with van der Waals surface area (Å²) in [6.07, 6.45) is 3.20. The molecule has 1 saturated heterocycles. The zero-order valence-electron chi connectivity index (χ0n) is 19.5. The maximum absolute atomic E-state index is 13.7. The fourth-order valence-corrected chi connectivity index (χ4v) is 6.16. The van der Waals surface area contributed by atoms with E-state index < -0.39 is 5.41 Å². The van der Waals surface area contributed by atoms with Gasteiger partial charge in [0.1, 0.15) is 0 Å². The molecule has 174 valence electrons. The van der Waals surface area contributed by atoms with Crippen molar-refractivity contribution in [2.24, 2.45) is 0 Å². The van der Waals surface area contributed by atoms with Crippen LogP contribution < -0.4 is 10.2 Å². The van der Waals surface area contributed by atoms with Gasteiger partial charge in [0.05, 0.1) is 17.6 Å². The average Bonchev–Trinajstić information content (AvgIpc) is 3.06. The van der Waals surface area contributed by atoms with Crippen LogP contribution in [-0.2, 0) is 21.4 Å². The van der Waals surface area contributed by atoms with Crippen LogP contribution in [0.15, 0.2) is 48.5 Å². The van der Waals surface area contributed by atoms with Gasteiger partial charge in [-0.1, -0.05) is 42.5 Å². The van der Waals surface area contributed by atoms with Crippen LogP contribution in [0.5, 0.6) is 0 Å². The summed E-state index contributed by atoms with van der Waals surface area (Å²) in [5.74, 6) is -0.101. The van der Waals surface area contributed by atoms with Gasteiger partial charge in [-0.15, -0.1) is 0 Å². The highest BCUT2D eigenvalue weighted by molar-refractivity contribution is 6.10. The predicted molar refractivity (Wildman–Crippen MR) is 128 cm³/mol. The smallest absolute Gasteiger partial charge is 0.238 e. The molecule has 1 aliphatic carbocycles. The molecule has 2 aromatic rings. The van der Waals surface area contributed by atoms with Gasteiger partial charge in [-0.05, 0) is 55.4 Å². The number of para-hydroxylation sites is 1. The van der Waals surface area contributed by atoms with Gasteiger partial charge < -0.3 is 15.3 Å².